The summed E-state index contributed by atoms with van der Waals surface area (Å²) < 4.78 is 10.6. The maximum absolute atomic E-state index is 6.34. The molecule has 214 valence electrons. The van der Waals surface area contributed by atoms with E-state index in [-0.39, 0.29) is 12.2 Å². The lowest BCUT2D eigenvalue weighted by atomic mass is 9.98. The Morgan fingerprint density at radius 2 is 1.92 bits per heavy atom. The first-order valence-electron chi connectivity index (χ1n) is 13.8. The quantitative estimate of drug-likeness (QED) is 0.165. The number of hydrazine groups is 1. The van der Waals surface area contributed by atoms with Gasteiger partial charge < -0.3 is 20.5 Å². The Kier molecular flexibility index (Phi) is 20.3. The second kappa shape index (κ2) is 21.2. The van der Waals surface area contributed by atoms with Crippen LogP contribution in [0.15, 0.2) is 59.3 Å². The standard InChI is InChI=1S/C19H31N5O.C6H12OS.2C2H6/c1-13(2)14-10-17(18(20)12-22-11-14)19(23-21-3)24(4)15-6-8-16(25-5)9-7-15;8-5-6-3-1-2-4-7-6;2*1-2/h6,8-13,15,19,21-23H,7,20H2,1-5H3;6,8H,1-5H2;2*1-2H3. The molecule has 8 heteroatoms. The van der Waals surface area contributed by atoms with Crippen molar-refractivity contribution in [2.24, 2.45) is 11.7 Å². The maximum Gasteiger partial charge on any atom is 0.114 e. The molecule has 1 aliphatic carbocycles. The van der Waals surface area contributed by atoms with Gasteiger partial charge in [0.05, 0.1) is 18.9 Å². The molecule has 3 aliphatic rings. The second-order valence-corrected chi connectivity index (χ2v) is 9.14. The molecule has 2 aliphatic heterocycles. The van der Waals surface area contributed by atoms with Crippen LogP contribution >= 0.6 is 12.6 Å². The molecule has 3 rings (SSSR count). The highest BCUT2D eigenvalue weighted by Gasteiger charge is 2.27. The van der Waals surface area contributed by atoms with Crippen LogP contribution in [0.4, 0.5) is 0 Å². The zero-order valence-corrected chi connectivity index (χ0v) is 25.7. The van der Waals surface area contributed by atoms with Gasteiger partial charge in [-0.3, -0.25) is 10.3 Å². The highest BCUT2D eigenvalue weighted by molar-refractivity contribution is 7.80. The van der Waals surface area contributed by atoms with Crippen molar-refractivity contribution < 1.29 is 9.47 Å². The van der Waals surface area contributed by atoms with E-state index in [1.165, 1.54) is 24.8 Å². The van der Waals surface area contributed by atoms with Gasteiger partial charge in [0, 0.05) is 36.4 Å². The van der Waals surface area contributed by atoms with Crippen molar-refractivity contribution in [3.05, 3.63) is 59.3 Å². The van der Waals surface area contributed by atoms with E-state index in [1.807, 2.05) is 53.2 Å². The first-order valence-corrected chi connectivity index (χ1v) is 14.5. The minimum Gasteiger partial charge on any atom is -0.497 e. The summed E-state index contributed by atoms with van der Waals surface area (Å²) >= 11 is 4.14. The molecule has 0 bridgehead atoms. The van der Waals surface area contributed by atoms with Crippen molar-refractivity contribution in [2.45, 2.75) is 85.5 Å². The van der Waals surface area contributed by atoms with E-state index in [4.69, 9.17) is 15.2 Å². The van der Waals surface area contributed by atoms with Crippen LogP contribution in [0.25, 0.3) is 0 Å². The van der Waals surface area contributed by atoms with Crippen LogP contribution in [0.3, 0.4) is 0 Å². The zero-order chi connectivity index (χ0) is 28.2. The number of nitrogens with one attached hydrogen (secondary N) is 3. The summed E-state index contributed by atoms with van der Waals surface area (Å²) in [7, 11) is 5.66. The molecule has 3 unspecified atom stereocenters. The van der Waals surface area contributed by atoms with Crippen molar-refractivity contribution in [1.82, 2.24) is 21.1 Å². The van der Waals surface area contributed by atoms with Gasteiger partial charge in [-0.2, -0.15) is 12.6 Å². The van der Waals surface area contributed by atoms with E-state index >= 15 is 0 Å². The van der Waals surface area contributed by atoms with Gasteiger partial charge >= 0.3 is 0 Å². The summed E-state index contributed by atoms with van der Waals surface area (Å²) in [6, 6.07) is 0.251. The SMILES string of the molecule is CC.CC.CNNC(C1=CC(C(C)C)=CNC=C1N)N(C)C1C=CC(OC)=CC1.SCC1CCCCO1. The van der Waals surface area contributed by atoms with Crippen LogP contribution in [-0.4, -0.2) is 56.8 Å². The number of methoxy groups -OCH3 is 1. The van der Waals surface area contributed by atoms with Gasteiger partial charge in [-0.15, -0.1) is 0 Å². The Morgan fingerprint density at radius 1 is 1.22 bits per heavy atom. The summed E-state index contributed by atoms with van der Waals surface area (Å²) in [5.74, 6) is 2.20. The Labute approximate surface area is 233 Å². The molecule has 0 spiro atoms. The molecule has 1 fully saturated rings. The van der Waals surface area contributed by atoms with E-state index in [1.54, 1.807) is 7.11 Å². The number of allylic oxidation sites excluding steroid dienone is 3. The van der Waals surface area contributed by atoms with Gasteiger partial charge in [-0.25, -0.2) is 5.43 Å². The summed E-state index contributed by atoms with van der Waals surface area (Å²) in [4.78, 5) is 2.27. The van der Waals surface area contributed by atoms with Crippen molar-refractivity contribution in [3.8, 4) is 0 Å². The van der Waals surface area contributed by atoms with E-state index in [2.05, 4.69) is 72.8 Å². The normalized spacial score (nSPS) is 21.6. The number of thiol groups is 1. The number of likely N-dealkylation sites (N-methyl/N-ethyl adjacent to an activating group) is 1. The minimum absolute atomic E-state index is 0.0737. The van der Waals surface area contributed by atoms with Crippen LogP contribution in [0, 0.1) is 5.92 Å². The van der Waals surface area contributed by atoms with Gasteiger partial charge in [0.25, 0.3) is 0 Å². The smallest absolute Gasteiger partial charge is 0.114 e. The van der Waals surface area contributed by atoms with E-state index in [0.29, 0.717) is 12.0 Å². The molecule has 5 N–H and O–H groups in total. The number of nitrogens with zero attached hydrogens (tertiary/aromatic N) is 1. The highest BCUT2D eigenvalue weighted by atomic mass is 32.1. The molecule has 0 aromatic carbocycles. The lowest BCUT2D eigenvalue weighted by Crippen LogP contribution is -2.53. The Bertz CT molecular complexity index is 755. The monoisotopic (exact) mass is 537 g/mol. The maximum atomic E-state index is 6.34. The van der Waals surface area contributed by atoms with E-state index in [0.717, 1.165) is 35.8 Å². The minimum atomic E-state index is -0.0737. The molecule has 3 atom stereocenters. The number of rotatable bonds is 8. The molecule has 37 heavy (non-hydrogen) atoms. The van der Waals surface area contributed by atoms with Crippen molar-refractivity contribution in [3.63, 3.8) is 0 Å². The predicted octanol–water partition coefficient (Wildman–Crippen LogP) is 5.23. The van der Waals surface area contributed by atoms with E-state index < -0.39 is 0 Å². The number of nitrogens with two attached hydrogens (primary N) is 1. The van der Waals surface area contributed by atoms with Crippen LogP contribution in [0.2, 0.25) is 0 Å². The predicted molar refractivity (Wildman–Crippen MR) is 163 cm³/mol. The van der Waals surface area contributed by atoms with Gasteiger partial charge in [0.1, 0.15) is 11.9 Å². The third kappa shape index (κ3) is 12.6. The molecule has 7 nitrogen and oxygen atoms in total. The van der Waals surface area contributed by atoms with Gasteiger partial charge in [-0.05, 0) is 69.5 Å². The third-order valence-corrected chi connectivity index (χ3v) is 6.48. The topological polar surface area (TPSA) is 83.8 Å². The Hall–Kier alpha value is -1.71. The van der Waals surface area contributed by atoms with Crippen LogP contribution in [0.1, 0.15) is 67.2 Å². The van der Waals surface area contributed by atoms with Crippen LogP contribution in [-0.2, 0) is 9.47 Å². The molecule has 0 amide bonds. The molecule has 0 aromatic heterocycles. The van der Waals surface area contributed by atoms with E-state index in [9.17, 15) is 0 Å². The Balaban J connectivity index is 0.000000900. The molecule has 0 radical (unpaired) electrons. The highest BCUT2D eigenvalue weighted by Crippen LogP contribution is 2.24. The number of hydrogen-bond acceptors (Lipinski definition) is 8. The fourth-order valence-electron chi connectivity index (χ4n) is 3.91. The van der Waals surface area contributed by atoms with Gasteiger partial charge in [-0.1, -0.05) is 47.6 Å². The first-order chi connectivity index (χ1) is 17.9. The second-order valence-electron chi connectivity index (χ2n) is 8.77. The first kappa shape index (κ1) is 35.3. The number of ether oxygens (including phenoxy) is 2. The average molecular weight is 538 g/mol. The molecular weight excluding hydrogens is 482 g/mol. The molecule has 0 saturated carbocycles. The van der Waals surface area contributed by atoms with Crippen molar-refractivity contribution >= 4 is 12.6 Å². The average Bonchev–Trinajstić information content (AvgIpc) is 3.16. The molecule has 0 aromatic rings. The van der Waals surface area contributed by atoms with Crippen LogP contribution in [0.5, 0.6) is 0 Å². The Morgan fingerprint density at radius 3 is 2.38 bits per heavy atom. The van der Waals surface area contributed by atoms with Crippen molar-refractivity contribution in [2.75, 3.05) is 33.6 Å². The molecule has 2 heterocycles. The number of hydrogen-bond donors (Lipinski definition) is 5. The fourth-order valence-corrected chi connectivity index (χ4v) is 4.20. The molecule has 1 saturated heterocycles. The lowest BCUT2D eigenvalue weighted by molar-refractivity contribution is 0.0317. The van der Waals surface area contributed by atoms with Gasteiger partial charge in [0.15, 0.2) is 0 Å². The zero-order valence-electron chi connectivity index (χ0n) is 24.8. The van der Waals surface area contributed by atoms with Crippen LogP contribution < -0.4 is 21.9 Å². The fraction of sp³-hybridized carbons (Fsp3) is 0.655. The van der Waals surface area contributed by atoms with Crippen molar-refractivity contribution in [1.29, 1.82) is 0 Å². The van der Waals surface area contributed by atoms with Gasteiger partial charge in [0.2, 0.25) is 0 Å². The summed E-state index contributed by atoms with van der Waals surface area (Å²) in [5, 5.41) is 3.18. The largest absolute Gasteiger partial charge is 0.497 e. The summed E-state index contributed by atoms with van der Waals surface area (Å²) in [5.41, 5.74) is 15.7. The third-order valence-electron chi connectivity index (χ3n) is 6.07. The molecular formula is C29H55N5O2S. The summed E-state index contributed by atoms with van der Waals surface area (Å²) in [6.45, 7) is 13.3. The summed E-state index contributed by atoms with van der Waals surface area (Å²) in [6.07, 6.45) is 17.4. The lowest BCUT2D eigenvalue weighted by Gasteiger charge is -2.36.